The molecule has 0 atom stereocenters. The lowest BCUT2D eigenvalue weighted by molar-refractivity contribution is 0.415. The molecule has 3 rings (SSSR count). The lowest BCUT2D eigenvalue weighted by Crippen LogP contribution is -2.12. The molecule has 0 aliphatic heterocycles. The summed E-state index contributed by atoms with van der Waals surface area (Å²) in [5.74, 6) is 0.910. The monoisotopic (exact) mass is 298 g/mol. The number of anilines is 2. The standard InChI is InChI=1S/C18H21NO.CH5N/c1-19(17-9-5-6-10-18(17)20-2)16-12-11-14-7-3-4-8-15(14)13-16;1-2/h5-6,9-13H,3-4,7-8H2,1-2H3;2H2,1H3. The third-order valence-electron chi connectivity index (χ3n) is 4.17. The van der Waals surface area contributed by atoms with Crippen LogP contribution in [0.5, 0.6) is 5.75 Å². The number of para-hydroxylation sites is 2. The summed E-state index contributed by atoms with van der Waals surface area (Å²) in [6, 6.07) is 15.0. The fraction of sp³-hybridized carbons (Fsp3) is 0.368. The highest BCUT2D eigenvalue weighted by molar-refractivity contribution is 5.69. The molecule has 2 aromatic rings. The van der Waals surface area contributed by atoms with Crippen molar-refractivity contribution in [1.29, 1.82) is 0 Å². The maximum Gasteiger partial charge on any atom is 0.142 e. The summed E-state index contributed by atoms with van der Waals surface area (Å²) in [5.41, 5.74) is 9.87. The molecule has 0 bridgehead atoms. The molecule has 2 aromatic carbocycles. The molecule has 3 heteroatoms. The number of hydrogen-bond acceptors (Lipinski definition) is 3. The molecule has 0 amide bonds. The molecule has 0 radical (unpaired) electrons. The molecule has 3 nitrogen and oxygen atoms in total. The molecule has 0 heterocycles. The zero-order chi connectivity index (χ0) is 15.9. The van der Waals surface area contributed by atoms with Gasteiger partial charge in [-0.25, -0.2) is 0 Å². The number of methoxy groups -OCH3 is 1. The zero-order valence-corrected chi connectivity index (χ0v) is 13.8. The summed E-state index contributed by atoms with van der Waals surface area (Å²) >= 11 is 0. The first-order chi connectivity index (χ1) is 10.8. The van der Waals surface area contributed by atoms with Gasteiger partial charge in [0.25, 0.3) is 0 Å². The van der Waals surface area contributed by atoms with Gasteiger partial charge in [-0.05, 0) is 68.1 Å². The minimum Gasteiger partial charge on any atom is -0.495 e. The molecule has 0 aromatic heterocycles. The molecular formula is C19H26N2O. The fourth-order valence-corrected chi connectivity index (χ4v) is 2.97. The second kappa shape index (κ2) is 7.85. The topological polar surface area (TPSA) is 38.5 Å². The van der Waals surface area contributed by atoms with Gasteiger partial charge < -0.3 is 15.4 Å². The van der Waals surface area contributed by atoms with Crippen LogP contribution < -0.4 is 15.4 Å². The Hall–Kier alpha value is -2.00. The van der Waals surface area contributed by atoms with Crippen molar-refractivity contribution >= 4 is 11.4 Å². The number of benzene rings is 2. The number of aryl methyl sites for hydroxylation is 2. The second-order valence-electron chi connectivity index (χ2n) is 5.39. The lowest BCUT2D eigenvalue weighted by atomic mass is 9.91. The van der Waals surface area contributed by atoms with E-state index in [4.69, 9.17) is 4.74 Å². The quantitative estimate of drug-likeness (QED) is 0.933. The summed E-state index contributed by atoms with van der Waals surface area (Å²) in [6.45, 7) is 0. The number of nitrogens with two attached hydrogens (primary N) is 1. The van der Waals surface area contributed by atoms with Crippen LogP contribution in [0.15, 0.2) is 42.5 Å². The Morgan fingerprint density at radius 1 is 0.955 bits per heavy atom. The third-order valence-corrected chi connectivity index (χ3v) is 4.17. The summed E-state index contributed by atoms with van der Waals surface area (Å²) < 4.78 is 5.46. The van der Waals surface area contributed by atoms with Gasteiger partial charge in [-0.1, -0.05) is 18.2 Å². The molecule has 22 heavy (non-hydrogen) atoms. The van der Waals surface area contributed by atoms with Crippen molar-refractivity contribution in [3.8, 4) is 5.75 Å². The van der Waals surface area contributed by atoms with Gasteiger partial charge in [-0.3, -0.25) is 0 Å². The van der Waals surface area contributed by atoms with E-state index in [9.17, 15) is 0 Å². The van der Waals surface area contributed by atoms with E-state index in [1.54, 1.807) is 7.11 Å². The molecule has 1 aliphatic carbocycles. The van der Waals surface area contributed by atoms with Crippen LogP contribution in [0.25, 0.3) is 0 Å². The Balaban J connectivity index is 0.000000847. The van der Waals surface area contributed by atoms with Crippen LogP contribution in [-0.2, 0) is 12.8 Å². The van der Waals surface area contributed by atoms with Crippen LogP contribution in [0.1, 0.15) is 24.0 Å². The summed E-state index contributed by atoms with van der Waals surface area (Å²) in [4.78, 5) is 2.20. The lowest BCUT2D eigenvalue weighted by Gasteiger charge is -2.24. The number of hydrogen-bond donors (Lipinski definition) is 1. The van der Waals surface area contributed by atoms with Crippen LogP contribution in [0, 0.1) is 0 Å². The first-order valence-electron chi connectivity index (χ1n) is 7.86. The predicted octanol–water partition coefficient (Wildman–Crippen LogP) is 3.92. The first kappa shape index (κ1) is 16.4. The summed E-state index contributed by atoms with van der Waals surface area (Å²) in [5, 5.41) is 0. The van der Waals surface area contributed by atoms with Gasteiger partial charge in [-0.2, -0.15) is 0 Å². The highest BCUT2D eigenvalue weighted by Crippen LogP contribution is 2.34. The number of nitrogens with zero attached hydrogens (tertiary/aromatic N) is 1. The molecule has 118 valence electrons. The van der Waals surface area contributed by atoms with Gasteiger partial charge in [0.15, 0.2) is 0 Å². The van der Waals surface area contributed by atoms with Gasteiger partial charge in [-0.15, -0.1) is 0 Å². The van der Waals surface area contributed by atoms with Gasteiger partial charge in [0.05, 0.1) is 12.8 Å². The molecule has 0 fully saturated rings. The van der Waals surface area contributed by atoms with E-state index in [1.165, 1.54) is 49.5 Å². The van der Waals surface area contributed by atoms with Crippen molar-refractivity contribution in [1.82, 2.24) is 0 Å². The van der Waals surface area contributed by atoms with Crippen LogP contribution in [-0.4, -0.2) is 21.2 Å². The maximum absolute atomic E-state index is 5.46. The van der Waals surface area contributed by atoms with E-state index in [0.717, 1.165) is 11.4 Å². The van der Waals surface area contributed by atoms with Crippen molar-refractivity contribution in [2.24, 2.45) is 5.73 Å². The Kier molecular flexibility index (Phi) is 5.84. The molecule has 0 saturated carbocycles. The molecular weight excluding hydrogens is 272 g/mol. The highest BCUT2D eigenvalue weighted by Gasteiger charge is 2.13. The van der Waals surface area contributed by atoms with Crippen molar-refractivity contribution in [2.75, 3.05) is 26.1 Å². The summed E-state index contributed by atoms with van der Waals surface area (Å²) in [6.07, 6.45) is 5.08. The van der Waals surface area contributed by atoms with E-state index in [2.05, 4.69) is 41.9 Å². The normalized spacial score (nSPS) is 12.7. The van der Waals surface area contributed by atoms with E-state index in [0.29, 0.717) is 0 Å². The second-order valence-corrected chi connectivity index (χ2v) is 5.39. The summed E-state index contributed by atoms with van der Waals surface area (Å²) in [7, 11) is 5.32. The number of fused-ring (bicyclic) bond motifs is 1. The zero-order valence-electron chi connectivity index (χ0n) is 13.8. The van der Waals surface area contributed by atoms with E-state index in [1.807, 2.05) is 18.2 Å². The molecule has 0 spiro atoms. The van der Waals surface area contributed by atoms with E-state index < -0.39 is 0 Å². The SMILES string of the molecule is CN.COc1ccccc1N(C)c1ccc2c(c1)CCCC2. The Morgan fingerprint density at radius 3 is 2.36 bits per heavy atom. The Labute approximate surface area is 133 Å². The Morgan fingerprint density at radius 2 is 1.64 bits per heavy atom. The minimum absolute atomic E-state index is 0.910. The van der Waals surface area contributed by atoms with Crippen LogP contribution in [0.2, 0.25) is 0 Å². The van der Waals surface area contributed by atoms with Crippen LogP contribution >= 0.6 is 0 Å². The largest absolute Gasteiger partial charge is 0.495 e. The van der Waals surface area contributed by atoms with Crippen LogP contribution in [0.3, 0.4) is 0 Å². The number of rotatable bonds is 3. The van der Waals surface area contributed by atoms with Gasteiger partial charge in [0, 0.05) is 12.7 Å². The van der Waals surface area contributed by atoms with Crippen molar-refractivity contribution in [2.45, 2.75) is 25.7 Å². The fourth-order valence-electron chi connectivity index (χ4n) is 2.97. The van der Waals surface area contributed by atoms with Gasteiger partial charge in [0.2, 0.25) is 0 Å². The molecule has 0 unspecified atom stereocenters. The Bertz CT molecular complexity index is 610. The number of ether oxygens (including phenoxy) is 1. The predicted molar refractivity (Wildman–Crippen MR) is 94.3 cm³/mol. The van der Waals surface area contributed by atoms with Crippen molar-refractivity contribution in [3.63, 3.8) is 0 Å². The average Bonchev–Trinajstić information content (AvgIpc) is 2.62. The highest BCUT2D eigenvalue weighted by atomic mass is 16.5. The van der Waals surface area contributed by atoms with E-state index in [-0.39, 0.29) is 0 Å². The average molecular weight is 298 g/mol. The van der Waals surface area contributed by atoms with E-state index >= 15 is 0 Å². The molecule has 0 saturated heterocycles. The first-order valence-corrected chi connectivity index (χ1v) is 7.86. The maximum atomic E-state index is 5.46. The molecule has 1 aliphatic rings. The van der Waals surface area contributed by atoms with Crippen molar-refractivity contribution in [3.05, 3.63) is 53.6 Å². The van der Waals surface area contributed by atoms with Gasteiger partial charge >= 0.3 is 0 Å². The van der Waals surface area contributed by atoms with Gasteiger partial charge in [0.1, 0.15) is 5.75 Å². The van der Waals surface area contributed by atoms with Crippen LogP contribution in [0.4, 0.5) is 11.4 Å². The minimum atomic E-state index is 0.910. The smallest absolute Gasteiger partial charge is 0.142 e. The molecule has 2 N–H and O–H groups in total. The third kappa shape index (κ3) is 3.42. The van der Waals surface area contributed by atoms with Crippen molar-refractivity contribution < 1.29 is 4.74 Å².